The number of rotatable bonds is 3. The van der Waals surface area contributed by atoms with E-state index >= 15 is 0 Å². The minimum absolute atomic E-state index is 0.0168. The summed E-state index contributed by atoms with van der Waals surface area (Å²) in [6, 6.07) is 0. The first-order valence-corrected chi connectivity index (χ1v) is 3.99. The second-order valence-electron chi connectivity index (χ2n) is 1.55. The predicted molar refractivity (Wildman–Crippen MR) is 44.2 cm³/mol. The summed E-state index contributed by atoms with van der Waals surface area (Å²) in [5, 5.41) is 7.09. The number of hydrogen-bond donors (Lipinski definition) is 2. The summed E-state index contributed by atoms with van der Waals surface area (Å²) in [6.45, 7) is 1.76. The van der Waals surface area contributed by atoms with Crippen LogP contribution in [0.3, 0.4) is 0 Å². The molecule has 56 valence electrons. The molecule has 0 aromatic rings. The Labute approximate surface area is 64.5 Å². The van der Waals surface area contributed by atoms with E-state index in [1.165, 1.54) is 18.0 Å². The van der Waals surface area contributed by atoms with Crippen molar-refractivity contribution in [3.05, 3.63) is 12.2 Å². The van der Waals surface area contributed by atoms with Crippen molar-refractivity contribution >= 4 is 23.6 Å². The number of amides is 1. The van der Waals surface area contributed by atoms with Crippen LogP contribution in [-0.4, -0.2) is 17.9 Å². The number of nitrogens with one attached hydrogen (secondary N) is 2. The molecule has 0 bridgehead atoms. The molecule has 3 nitrogen and oxygen atoms in total. The standard InChI is InChI=1S/C6H10N2OS/c1-3-4-5(7)6(9)8-10-2/h3-4,7H,1-2H3,(H,8,9). The fourth-order valence-corrected chi connectivity index (χ4v) is 0.685. The maximum Gasteiger partial charge on any atom is 0.278 e. The van der Waals surface area contributed by atoms with Gasteiger partial charge in [-0.1, -0.05) is 18.0 Å². The largest absolute Gasteiger partial charge is 0.295 e. The molecule has 0 aromatic heterocycles. The van der Waals surface area contributed by atoms with E-state index in [-0.39, 0.29) is 11.6 Å². The van der Waals surface area contributed by atoms with Crippen molar-refractivity contribution in [1.82, 2.24) is 4.72 Å². The molecule has 0 heterocycles. The third-order valence-corrected chi connectivity index (χ3v) is 1.16. The lowest BCUT2D eigenvalue weighted by molar-refractivity contribution is -0.113. The summed E-state index contributed by atoms with van der Waals surface area (Å²) < 4.78 is 2.43. The van der Waals surface area contributed by atoms with Gasteiger partial charge in [-0.2, -0.15) is 0 Å². The second kappa shape index (κ2) is 5.05. The smallest absolute Gasteiger partial charge is 0.278 e. The van der Waals surface area contributed by atoms with Crippen LogP contribution in [-0.2, 0) is 4.79 Å². The summed E-state index contributed by atoms with van der Waals surface area (Å²) in [5.41, 5.74) is -0.0168. The van der Waals surface area contributed by atoms with Gasteiger partial charge < -0.3 is 0 Å². The second-order valence-corrected chi connectivity index (χ2v) is 2.16. The lowest BCUT2D eigenvalue weighted by Gasteiger charge is -1.96. The Bertz CT molecular complexity index is 165. The van der Waals surface area contributed by atoms with Gasteiger partial charge in [-0.05, 0) is 13.0 Å². The Balaban J connectivity index is 3.83. The topological polar surface area (TPSA) is 53.0 Å². The van der Waals surface area contributed by atoms with Gasteiger partial charge in [-0.3, -0.25) is 14.9 Å². The Morgan fingerprint density at radius 1 is 1.70 bits per heavy atom. The number of carbonyl (C=O) groups excluding carboxylic acids is 1. The van der Waals surface area contributed by atoms with E-state index in [9.17, 15) is 4.79 Å². The average molecular weight is 158 g/mol. The molecule has 0 saturated carbocycles. The zero-order valence-electron chi connectivity index (χ0n) is 5.97. The molecule has 0 aliphatic heterocycles. The maximum absolute atomic E-state index is 10.7. The van der Waals surface area contributed by atoms with Crippen LogP contribution in [0.1, 0.15) is 6.92 Å². The van der Waals surface area contributed by atoms with Gasteiger partial charge in [0.15, 0.2) is 0 Å². The average Bonchev–Trinajstić information content (AvgIpc) is 1.89. The Morgan fingerprint density at radius 2 is 2.30 bits per heavy atom. The van der Waals surface area contributed by atoms with Crippen LogP contribution in [0, 0.1) is 5.41 Å². The van der Waals surface area contributed by atoms with Crippen LogP contribution in [0.4, 0.5) is 0 Å². The van der Waals surface area contributed by atoms with Gasteiger partial charge in [0.05, 0.1) is 0 Å². The SMILES string of the molecule is CC=CC(=N)C(=O)NSC. The molecule has 4 heteroatoms. The molecule has 10 heavy (non-hydrogen) atoms. The van der Waals surface area contributed by atoms with Crippen molar-refractivity contribution in [1.29, 1.82) is 5.41 Å². The molecular weight excluding hydrogens is 148 g/mol. The number of hydrogen-bond acceptors (Lipinski definition) is 3. The lowest BCUT2D eigenvalue weighted by atomic mass is 10.3. The molecule has 0 aliphatic rings. The minimum Gasteiger partial charge on any atom is -0.295 e. The highest BCUT2D eigenvalue weighted by atomic mass is 32.2. The molecule has 0 spiro atoms. The molecule has 0 atom stereocenters. The molecule has 0 rings (SSSR count). The van der Waals surface area contributed by atoms with Crippen LogP contribution in [0.25, 0.3) is 0 Å². The van der Waals surface area contributed by atoms with Crippen molar-refractivity contribution in [3.8, 4) is 0 Å². The van der Waals surface area contributed by atoms with Crippen LogP contribution in [0.15, 0.2) is 12.2 Å². The van der Waals surface area contributed by atoms with Crippen molar-refractivity contribution in [3.63, 3.8) is 0 Å². The molecule has 0 aliphatic carbocycles. The monoisotopic (exact) mass is 158 g/mol. The van der Waals surface area contributed by atoms with Crippen molar-refractivity contribution < 1.29 is 4.79 Å². The van der Waals surface area contributed by atoms with E-state index in [0.29, 0.717) is 0 Å². The zero-order valence-corrected chi connectivity index (χ0v) is 6.79. The summed E-state index contributed by atoms with van der Waals surface area (Å²) in [6.07, 6.45) is 4.84. The first kappa shape index (κ1) is 9.23. The Morgan fingerprint density at radius 3 is 2.70 bits per heavy atom. The Kier molecular flexibility index (Phi) is 4.66. The van der Waals surface area contributed by atoms with Gasteiger partial charge in [0, 0.05) is 6.26 Å². The number of allylic oxidation sites excluding steroid dienone is 1. The van der Waals surface area contributed by atoms with Gasteiger partial charge in [0.2, 0.25) is 0 Å². The van der Waals surface area contributed by atoms with E-state index in [1.54, 1.807) is 19.3 Å². The van der Waals surface area contributed by atoms with Gasteiger partial charge in [-0.15, -0.1) is 0 Å². The van der Waals surface area contributed by atoms with Crippen molar-refractivity contribution in [2.75, 3.05) is 6.26 Å². The normalized spacial score (nSPS) is 9.80. The summed E-state index contributed by atoms with van der Waals surface area (Å²) in [7, 11) is 0. The first-order valence-electron chi connectivity index (χ1n) is 2.77. The van der Waals surface area contributed by atoms with Gasteiger partial charge in [0.25, 0.3) is 5.91 Å². The molecule has 0 radical (unpaired) electrons. The van der Waals surface area contributed by atoms with Crippen LogP contribution in [0.5, 0.6) is 0 Å². The van der Waals surface area contributed by atoms with Gasteiger partial charge >= 0.3 is 0 Å². The first-order chi connectivity index (χ1) is 4.72. The summed E-state index contributed by atoms with van der Waals surface area (Å²) >= 11 is 1.19. The maximum atomic E-state index is 10.7. The van der Waals surface area contributed by atoms with Crippen LogP contribution in [0.2, 0.25) is 0 Å². The third kappa shape index (κ3) is 3.29. The highest BCUT2D eigenvalue weighted by molar-refractivity contribution is 7.97. The Hall–Kier alpha value is -0.770. The fraction of sp³-hybridized carbons (Fsp3) is 0.333. The molecule has 1 amide bonds. The van der Waals surface area contributed by atoms with Crippen molar-refractivity contribution in [2.45, 2.75) is 6.92 Å². The lowest BCUT2D eigenvalue weighted by Crippen LogP contribution is -2.22. The van der Waals surface area contributed by atoms with Crippen molar-refractivity contribution in [2.24, 2.45) is 0 Å². The molecule has 0 unspecified atom stereocenters. The van der Waals surface area contributed by atoms with E-state index in [4.69, 9.17) is 5.41 Å². The third-order valence-electron chi connectivity index (χ3n) is 0.773. The molecule has 0 saturated heterocycles. The summed E-state index contributed by atoms with van der Waals surface area (Å²) in [4.78, 5) is 10.7. The van der Waals surface area contributed by atoms with E-state index in [0.717, 1.165) is 0 Å². The number of carbonyl (C=O) groups is 1. The van der Waals surface area contributed by atoms with Crippen LogP contribution < -0.4 is 4.72 Å². The fourth-order valence-electron chi connectivity index (χ4n) is 0.390. The quantitative estimate of drug-likeness (QED) is 0.475. The summed E-state index contributed by atoms with van der Waals surface area (Å²) in [5.74, 6) is -0.356. The van der Waals surface area contributed by atoms with Gasteiger partial charge in [0.1, 0.15) is 5.71 Å². The minimum atomic E-state index is -0.356. The van der Waals surface area contributed by atoms with E-state index < -0.39 is 0 Å². The van der Waals surface area contributed by atoms with E-state index in [1.807, 2.05) is 0 Å². The highest BCUT2D eigenvalue weighted by Gasteiger charge is 2.01. The molecule has 2 N–H and O–H groups in total. The predicted octanol–water partition coefficient (Wildman–Crippen LogP) is 0.976. The molecule has 0 fully saturated rings. The molecular formula is C6H10N2OS. The van der Waals surface area contributed by atoms with Gasteiger partial charge in [-0.25, -0.2) is 0 Å². The zero-order chi connectivity index (χ0) is 7.98. The molecule has 0 aromatic carbocycles. The highest BCUT2D eigenvalue weighted by Crippen LogP contribution is 1.85. The van der Waals surface area contributed by atoms with Crippen LogP contribution >= 0.6 is 11.9 Å². The van der Waals surface area contributed by atoms with E-state index in [2.05, 4.69) is 4.72 Å².